The van der Waals surface area contributed by atoms with Crippen molar-refractivity contribution in [2.45, 2.75) is 44.1 Å². The van der Waals surface area contributed by atoms with Crippen molar-refractivity contribution in [1.29, 1.82) is 0 Å². The second-order valence-electron chi connectivity index (χ2n) is 10.7. The number of nitrogens with one attached hydrogen (secondary N) is 1. The Labute approximate surface area is 225 Å². The van der Waals surface area contributed by atoms with Crippen molar-refractivity contribution >= 4 is 22.6 Å². The zero-order valence-corrected chi connectivity index (χ0v) is 22.4. The van der Waals surface area contributed by atoms with Gasteiger partial charge in [-0.3, -0.25) is 9.59 Å². The van der Waals surface area contributed by atoms with Gasteiger partial charge in [0.15, 0.2) is 0 Å². The minimum absolute atomic E-state index is 0.111. The SMILES string of the molecule is COC(=O)C1CN(C(=O)C2(c3ccc(CCCN[C@H](C)c4cccc5ccccc45)cc3)CCOCC2)C1. The fourth-order valence-corrected chi connectivity index (χ4v) is 5.95. The van der Waals surface area contributed by atoms with Gasteiger partial charge in [0.25, 0.3) is 0 Å². The van der Waals surface area contributed by atoms with Gasteiger partial charge in [-0.05, 0) is 66.6 Å². The molecular weight excluding hydrogens is 476 g/mol. The Bertz CT molecular complexity index is 1250. The van der Waals surface area contributed by atoms with Gasteiger partial charge in [0, 0.05) is 32.3 Å². The van der Waals surface area contributed by atoms with Gasteiger partial charge in [-0.15, -0.1) is 0 Å². The number of carbonyl (C=O) groups is 2. The number of amides is 1. The maximum absolute atomic E-state index is 13.6. The standard InChI is InChI=1S/C32H38N2O4/c1-23(28-11-5-9-25-8-3-4-10-29(25)28)33-18-6-7-24-12-14-27(15-13-24)32(16-19-38-20-17-32)31(36)34-21-26(22-34)30(35)37-2/h3-5,8-15,23,26,33H,6-7,16-22H2,1-2H3/t23-/m1/s1. The summed E-state index contributed by atoms with van der Waals surface area (Å²) in [6.07, 6.45) is 3.35. The first kappa shape index (κ1) is 26.4. The minimum atomic E-state index is -0.576. The average Bonchev–Trinajstić information content (AvgIpc) is 2.94. The van der Waals surface area contributed by atoms with E-state index in [1.807, 2.05) is 4.90 Å². The number of esters is 1. The highest BCUT2D eigenvalue weighted by molar-refractivity contribution is 5.90. The lowest BCUT2D eigenvalue weighted by Crippen LogP contribution is -2.59. The summed E-state index contributed by atoms with van der Waals surface area (Å²) in [6.45, 7) is 5.19. The molecule has 2 aliphatic rings. The van der Waals surface area contributed by atoms with E-state index in [1.54, 1.807) is 0 Å². The molecule has 0 saturated carbocycles. The topological polar surface area (TPSA) is 67.9 Å². The van der Waals surface area contributed by atoms with E-state index in [4.69, 9.17) is 9.47 Å². The molecular formula is C32H38N2O4. The van der Waals surface area contributed by atoms with E-state index in [0.717, 1.165) is 24.9 Å². The van der Waals surface area contributed by atoms with E-state index in [9.17, 15) is 9.59 Å². The second kappa shape index (κ2) is 11.7. The molecule has 0 unspecified atom stereocenters. The van der Waals surface area contributed by atoms with Crippen LogP contribution in [0.3, 0.4) is 0 Å². The summed E-state index contributed by atoms with van der Waals surface area (Å²) in [5.74, 6) is -0.332. The van der Waals surface area contributed by atoms with Gasteiger partial charge >= 0.3 is 5.97 Å². The van der Waals surface area contributed by atoms with E-state index in [0.29, 0.717) is 39.1 Å². The number of ether oxygens (including phenoxy) is 2. The molecule has 1 N–H and O–H groups in total. The van der Waals surface area contributed by atoms with Crippen LogP contribution in [0.5, 0.6) is 0 Å². The lowest BCUT2D eigenvalue weighted by Gasteiger charge is -2.45. The van der Waals surface area contributed by atoms with Crippen molar-refractivity contribution in [2.24, 2.45) is 5.92 Å². The molecule has 200 valence electrons. The van der Waals surface area contributed by atoms with Crippen LogP contribution in [0.2, 0.25) is 0 Å². The van der Waals surface area contributed by atoms with Crippen molar-refractivity contribution < 1.29 is 19.1 Å². The van der Waals surface area contributed by atoms with Crippen LogP contribution in [0.25, 0.3) is 10.8 Å². The lowest BCUT2D eigenvalue weighted by molar-refractivity contribution is -0.159. The number of methoxy groups -OCH3 is 1. The smallest absolute Gasteiger partial charge is 0.312 e. The summed E-state index contributed by atoms with van der Waals surface area (Å²) in [5.41, 5.74) is 3.09. The fourth-order valence-electron chi connectivity index (χ4n) is 5.95. The molecule has 1 amide bonds. The van der Waals surface area contributed by atoms with Crippen LogP contribution < -0.4 is 5.32 Å². The van der Waals surface area contributed by atoms with Gasteiger partial charge in [-0.1, -0.05) is 66.7 Å². The molecule has 2 heterocycles. The number of hydrogen-bond donors (Lipinski definition) is 1. The maximum Gasteiger partial charge on any atom is 0.312 e. The number of rotatable bonds is 9. The van der Waals surface area contributed by atoms with E-state index >= 15 is 0 Å². The summed E-state index contributed by atoms with van der Waals surface area (Å²) < 4.78 is 10.5. The first-order valence-corrected chi connectivity index (χ1v) is 13.8. The van der Waals surface area contributed by atoms with Crippen LogP contribution in [-0.4, -0.2) is 56.7 Å². The summed E-state index contributed by atoms with van der Waals surface area (Å²) in [7, 11) is 1.40. The molecule has 0 spiro atoms. The highest BCUT2D eigenvalue weighted by atomic mass is 16.5. The second-order valence-corrected chi connectivity index (χ2v) is 10.7. The third-order valence-electron chi connectivity index (χ3n) is 8.35. The molecule has 2 saturated heterocycles. The Morgan fingerprint density at radius 3 is 2.47 bits per heavy atom. The van der Waals surface area contributed by atoms with Crippen LogP contribution in [0.1, 0.15) is 48.9 Å². The highest BCUT2D eigenvalue weighted by Crippen LogP contribution is 2.39. The Morgan fingerprint density at radius 1 is 1.03 bits per heavy atom. The average molecular weight is 515 g/mol. The molecule has 3 aromatic carbocycles. The molecule has 2 fully saturated rings. The summed E-state index contributed by atoms with van der Waals surface area (Å²) in [6, 6.07) is 23.9. The van der Waals surface area contributed by atoms with Crippen molar-refractivity contribution in [3.63, 3.8) is 0 Å². The van der Waals surface area contributed by atoms with Gasteiger partial charge in [0.2, 0.25) is 5.91 Å². The molecule has 0 aliphatic carbocycles. The normalized spacial score (nSPS) is 18.1. The van der Waals surface area contributed by atoms with Gasteiger partial charge in [0.1, 0.15) is 0 Å². The number of likely N-dealkylation sites (tertiary alicyclic amines) is 1. The largest absolute Gasteiger partial charge is 0.469 e. The molecule has 0 radical (unpaired) electrons. The molecule has 6 heteroatoms. The predicted molar refractivity (Wildman–Crippen MR) is 149 cm³/mol. The zero-order chi connectivity index (χ0) is 26.5. The summed E-state index contributed by atoms with van der Waals surface area (Å²) in [4.78, 5) is 27.2. The van der Waals surface area contributed by atoms with Gasteiger partial charge in [-0.25, -0.2) is 0 Å². The van der Waals surface area contributed by atoms with E-state index in [2.05, 4.69) is 79.0 Å². The maximum atomic E-state index is 13.6. The first-order chi connectivity index (χ1) is 18.5. The predicted octanol–water partition coefficient (Wildman–Crippen LogP) is 4.80. The van der Waals surface area contributed by atoms with Crippen molar-refractivity contribution in [3.05, 3.63) is 83.4 Å². The zero-order valence-electron chi connectivity index (χ0n) is 22.4. The Kier molecular flexibility index (Phi) is 8.10. The number of benzene rings is 3. The molecule has 6 nitrogen and oxygen atoms in total. The molecule has 1 atom stereocenters. The van der Waals surface area contributed by atoms with Gasteiger partial charge in [0.05, 0.1) is 18.4 Å². The van der Waals surface area contributed by atoms with Crippen molar-refractivity contribution in [3.8, 4) is 0 Å². The monoisotopic (exact) mass is 514 g/mol. The lowest BCUT2D eigenvalue weighted by atomic mass is 9.72. The molecule has 5 rings (SSSR count). The molecule has 38 heavy (non-hydrogen) atoms. The molecule has 0 aromatic heterocycles. The quantitative estimate of drug-likeness (QED) is 0.328. The van der Waals surface area contributed by atoms with Crippen LogP contribution in [-0.2, 0) is 30.9 Å². The third-order valence-corrected chi connectivity index (χ3v) is 8.35. The number of aryl methyl sites for hydroxylation is 1. The first-order valence-electron chi connectivity index (χ1n) is 13.8. The fraction of sp³-hybridized carbons (Fsp3) is 0.438. The number of carbonyl (C=O) groups excluding carboxylic acids is 2. The highest BCUT2D eigenvalue weighted by Gasteiger charge is 2.48. The number of hydrogen-bond acceptors (Lipinski definition) is 5. The number of fused-ring (bicyclic) bond motifs is 1. The molecule has 0 bridgehead atoms. The third kappa shape index (κ3) is 5.33. The van der Waals surface area contributed by atoms with E-state index in [1.165, 1.54) is 29.0 Å². The van der Waals surface area contributed by atoms with E-state index < -0.39 is 5.41 Å². The minimum Gasteiger partial charge on any atom is -0.469 e. The Balaban J connectivity index is 1.17. The van der Waals surface area contributed by atoms with Gasteiger partial charge < -0.3 is 19.7 Å². The van der Waals surface area contributed by atoms with E-state index in [-0.39, 0.29) is 23.8 Å². The van der Waals surface area contributed by atoms with Crippen molar-refractivity contribution in [1.82, 2.24) is 10.2 Å². The number of nitrogens with zero attached hydrogens (tertiary/aromatic N) is 1. The van der Waals surface area contributed by atoms with Crippen molar-refractivity contribution in [2.75, 3.05) is 40.0 Å². The van der Waals surface area contributed by atoms with Crippen LogP contribution in [0, 0.1) is 5.92 Å². The molecule has 2 aliphatic heterocycles. The summed E-state index contributed by atoms with van der Waals surface area (Å²) >= 11 is 0. The van der Waals surface area contributed by atoms with Gasteiger partial charge in [-0.2, -0.15) is 0 Å². The van der Waals surface area contributed by atoms with Crippen LogP contribution in [0.4, 0.5) is 0 Å². The summed E-state index contributed by atoms with van der Waals surface area (Å²) in [5, 5.41) is 6.27. The Morgan fingerprint density at radius 2 is 1.74 bits per heavy atom. The van der Waals surface area contributed by atoms with Crippen LogP contribution in [0.15, 0.2) is 66.7 Å². The Hall–Kier alpha value is -3.22. The van der Waals surface area contributed by atoms with Crippen LogP contribution >= 0.6 is 0 Å². The molecule has 3 aromatic rings.